The minimum absolute atomic E-state index is 0.00400. The topological polar surface area (TPSA) is 116 Å². The maximum absolute atomic E-state index is 11.6. The summed E-state index contributed by atoms with van der Waals surface area (Å²) in [6, 6.07) is 46.5. The SMILES string of the molecule is CC(=O)c1ccc(Nc2cc(CCc3ccccc3)ccc2C(=O)O)cc1.CCc1ccc(Nc2cc(CCc3ccccc3)ccc2C(=O)O)cc1. The van der Waals surface area contributed by atoms with Gasteiger partial charge in [-0.3, -0.25) is 4.79 Å². The highest BCUT2D eigenvalue weighted by molar-refractivity contribution is 5.97. The molecule has 0 saturated carbocycles. The van der Waals surface area contributed by atoms with Crippen molar-refractivity contribution in [1.29, 1.82) is 0 Å². The molecule has 0 radical (unpaired) electrons. The molecule has 0 spiro atoms. The fourth-order valence-corrected chi connectivity index (χ4v) is 5.86. The molecule has 0 fully saturated rings. The number of anilines is 4. The molecule has 53 heavy (non-hydrogen) atoms. The predicted molar refractivity (Wildman–Crippen MR) is 213 cm³/mol. The number of rotatable bonds is 14. The lowest BCUT2D eigenvalue weighted by molar-refractivity contribution is 0.0687. The van der Waals surface area contributed by atoms with E-state index in [2.05, 4.69) is 54.0 Å². The molecule has 0 unspecified atom stereocenters. The number of carboxylic acids is 2. The summed E-state index contributed by atoms with van der Waals surface area (Å²) in [5.74, 6) is -1.91. The number of carbonyl (C=O) groups excluding carboxylic acids is 1. The molecule has 6 aromatic carbocycles. The molecule has 0 aliphatic rings. The van der Waals surface area contributed by atoms with E-state index in [1.807, 2.05) is 72.8 Å². The number of ketones is 1. The van der Waals surface area contributed by atoms with Crippen LogP contribution in [-0.4, -0.2) is 27.9 Å². The lowest BCUT2D eigenvalue weighted by atomic mass is 10.0. The zero-order valence-electron chi connectivity index (χ0n) is 30.0. The first-order valence-corrected chi connectivity index (χ1v) is 17.7. The van der Waals surface area contributed by atoms with Gasteiger partial charge < -0.3 is 20.8 Å². The van der Waals surface area contributed by atoms with E-state index >= 15 is 0 Å². The first-order chi connectivity index (χ1) is 25.7. The molecule has 0 aliphatic carbocycles. The maximum atomic E-state index is 11.6. The first kappa shape index (κ1) is 37.8. The number of aryl methyl sites for hydroxylation is 5. The van der Waals surface area contributed by atoms with Crippen molar-refractivity contribution in [2.24, 2.45) is 0 Å². The Labute approximate surface area is 311 Å². The molecule has 7 nitrogen and oxygen atoms in total. The minimum Gasteiger partial charge on any atom is -0.478 e. The van der Waals surface area contributed by atoms with Crippen molar-refractivity contribution in [3.63, 3.8) is 0 Å². The van der Waals surface area contributed by atoms with Gasteiger partial charge in [0.25, 0.3) is 0 Å². The van der Waals surface area contributed by atoms with Crippen molar-refractivity contribution in [2.45, 2.75) is 46.0 Å². The zero-order valence-corrected chi connectivity index (χ0v) is 30.0. The van der Waals surface area contributed by atoms with Crippen molar-refractivity contribution in [3.05, 3.63) is 190 Å². The molecule has 0 aliphatic heterocycles. The highest BCUT2D eigenvalue weighted by Gasteiger charge is 2.13. The monoisotopic (exact) mass is 704 g/mol. The van der Waals surface area contributed by atoms with Gasteiger partial charge in [0, 0.05) is 16.9 Å². The van der Waals surface area contributed by atoms with Crippen LogP contribution in [0.15, 0.2) is 146 Å². The van der Waals surface area contributed by atoms with Gasteiger partial charge in [-0.15, -0.1) is 0 Å². The second-order valence-electron chi connectivity index (χ2n) is 12.8. The van der Waals surface area contributed by atoms with Crippen LogP contribution in [0.4, 0.5) is 22.7 Å². The van der Waals surface area contributed by atoms with Gasteiger partial charge in [0.15, 0.2) is 5.78 Å². The van der Waals surface area contributed by atoms with Crippen molar-refractivity contribution in [1.82, 2.24) is 0 Å². The van der Waals surface area contributed by atoms with Gasteiger partial charge >= 0.3 is 11.9 Å². The first-order valence-electron chi connectivity index (χ1n) is 17.7. The van der Waals surface area contributed by atoms with Crippen LogP contribution >= 0.6 is 0 Å². The average molecular weight is 705 g/mol. The highest BCUT2D eigenvalue weighted by atomic mass is 16.4. The molecule has 4 N–H and O–H groups in total. The highest BCUT2D eigenvalue weighted by Crippen LogP contribution is 2.26. The number of hydrogen-bond donors (Lipinski definition) is 4. The van der Waals surface area contributed by atoms with Gasteiger partial charge in [-0.2, -0.15) is 0 Å². The van der Waals surface area contributed by atoms with Gasteiger partial charge in [-0.1, -0.05) is 91.9 Å². The number of Topliss-reactive ketones (excluding diaryl/α,β-unsaturated/α-hetero) is 1. The molecule has 0 amide bonds. The third-order valence-electron chi connectivity index (χ3n) is 8.93. The molecule has 268 valence electrons. The Kier molecular flexibility index (Phi) is 13.3. The largest absolute Gasteiger partial charge is 0.478 e. The number of benzene rings is 6. The summed E-state index contributed by atoms with van der Waals surface area (Å²) in [5, 5.41) is 25.4. The standard InChI is InChI=1S/C23H21NO3.C23H23NO2/c1-16(25)19-10-12-20(13-11-19)24-22-15-18(9-14-21(22)23(26)27)8-7-17-5-3-2-4-6-17;1-2-17-10-13-20(14-11-17)24-22-16-19(12-15-21(22)23(25)26)9-8-18-6-4-3-5-7-18/h2-6,9-15,24H,7-8H2,1H3,(H,26,27);3-7,10-16,24H,2,8-9H2,1H3,(H,25,26). The fraction of sp³-hybridized carbons (Fsp3) is 0.152. The quantitative estimate of drug-likeness (QED) is 0.0834. The molecule has 0 aromatic heterocycles. The molecule has 0 atom stereocenters. The van der Waals surface area contributed by atoms with Gasteiger partial charge in [-0.05, 0) is 128 Å². The lowest BCUT2D eigenvalue weighted by Crippen LogP contribution is -2.04. The predicted octanol–water partition coefficient (Wildman–Crippen LogP) is 10.6. The number of hydrogen-bond acceptors (Lipinski definition) is 5. The third-order valence-corrected chi connectivity index (χ3v) is 8.93. The van der Waals surface area contributed by atoms with Crippen LogP contribution in [0.2, 0.25) is 0 Å². The fourth-order valence-electron chi connectivity index (χ4n) is 5.86. The minimum atomic E-state index is -0.979. The van der Waals surface area contributed by atoms with E-state index in [0.29, 0.717) is 16.9 Å². The number of carboxylic acid groups (broad SMARTS) is 2. The van der Waals surface area contributed by atoms with Crippen LogP contribution in [0, 0.1) is 0 Å². The van der Waals surface area contributed by atoms with E-state index in [1.165, 1.54) is 23.6 Å². The molecule has 7 heteroatoms. The average Bonchev–Trinajstić information content (AvgIpc) is 3.18. The van der Waals surface area contributed by atoms with Gasteiger partial charge in [0.2, 0.25) is 0 Å². The van der Waals surface area contributed by atoms with Crippen LogP contribution in [0.5, 0.6) is 0 Å². The molecule has 0 bridgehead atoms. The second-order valence-corrected chi connectivity index (χ2v) is 12.8. The Morgan fingerprint density at radius 2 is 0.849 bits per heavy atom. The van der Waals surface area contributed by atoms with Crippen molar-refractivity contribution in [3.8, 4) is 0 Å². The Hall–Kier alpha value is -6.47. The summed E-state index contributed by atoms with van der Waals surface area (Å²) < 4.78 is 0. The summed E-state index contributed by atoms with van der Waals surface area (Å²) in [6.07, 6.45) is 4.49. The summed E-state index contributed by atoms with van der Waals surface area (Å²) >= 11 is 0. The Balaban J connectivity index is 0.000000204. The van der Waals surface area contributed by atoms with Crippen molar-refractivity contribution < 1.29 is 24.6 Å². The van der Waals surface area contributed by atoms with Crippen LogP contribution in [0.3, 0.4) is 0 Å². The lowest BCUT2D eigenvalue weighted by Gasteiger charge is -2.12. The van der Waals surface area contributed by atoms with Crippen molar-refractivity contribution in [2.75, 3.05) is 10.6 Å². The third kappa shape index (κ3) is 11.3. The van der Waals surface area contributed by atoms with E-state index in [4.69, 9.17) is 0 Å². The Morgan fingerprint density at radius 3 is 1.23 bits per heavy atom. The summed E-state index contributed by atoms with van der Waals surface area (Å²) in [4.78, 5) is 34.5. The number of aromatic carboxylic acids is 2. The van der Waals surface area contributed by atoms with Crippen LogP contribution < -0.4 is 10.6 Å². The summed E-state index contributed by atoms with van der Waals surface area (Å²) in [7, 11) is 0. The van der Waals surface area contributed by atoms with Crippen LogP contribution in [0.1, 0.15) is 72.7 Å². The summed E-state index contributed by atoms with van der Waals surface area (Å²) in [6.45, 7) is 3.63. The van der Waals surface area contributed by atoms with Crippen LogP contribution in [0.25, 0.3) is 0 Å². The van der Waals surface area contributed by atoms with E-state index < -0.39 is 11.9 Å². The van der Waals surface area contributed by atoms with Gasteiger partial charge in [0.05, 0.1) is 22.5 Å². The van der Waals surface area contributed by atoms with Gasteiger partial charge in [0.1, 0.15) is 0 Å². The van der Waals surface area contributed by atoms with E-state index in [9.17, 15) is 24.6 Å². The normalized spacial score (nSPS) is 10.5. The molecular weight excluding hydrogens is 661 g/mol. The van der Waals surface area contributed by atoms with Crippen LogP contribution in [-0.2, 0) is 32.1 Å². The Morgan fingerprint density at radius 1 is 0.472 bits per heavy atom. The number of nitrogens with one attached hydrogen (secondary N) is 2. The van der Waals surface area contributed by atoms with E-state index in [0.717, 1.165) is 54.6 Å². The Bertz CT molecular complexity index is 2130. The molecular formula is C46H44N2O5. The smallest absolute Gasteiger partial charge is 0.337 e. The van der Waals surface area contributed by atoms with E-state index in [1.54, 1.807) is 36.4 Å². The maximum Gasteiger partial charge on any atom is 0.337 e. The number of carbonyl (C=O) groups is 3. The zero-order chi connectivity index (χ0) is 37.6. The molecule has 0 heterocycles. The van der Waals surface area contributed by atoms with Gasteiger partial charge in [-0.25, -0.2) is 9.59 Å². The molecule has 0 saturated heterocycles. The molecule has 6 rings (SSSR count). The van der Waals surface area contributed by atoms with Crippen molar-refractivity contribution >= 4 is 40.5 Å². The summed E-state index contributed by atoms with van der Waals surface area (Å²) in [5.41, 5.74) is 9.89. The molecule has 6 aromatic rings. The van der Waals surface area contributed by atoms with E-state index in [-0.39, 0.29) is 16.9 Å². The second kappa shape index (κ2) is 18.7.